The van der Waals surface area contributed by atoms with E-state index in [0.29, 0.717) is 27.8 Å². The maximum absolute atomic E-state index is 12.2. The van der Waals surface area contributed by atoms with E-state index in [4.69, 9.17) is 44.3 Å². The van der Waals surface area contributed by atoms with E-state index in [2.05, 4.69) is 21.2 Å². The Bertz CT molecular complexity index is 1360. The third-order valence-electron chi connectivity index (χ3n) is 4.79. The minimum atomic E-state index is -1.01. The van der Waals surface area contributed by atoms with Crippen molar-refractivity contribution in [2.45, 2.75) is 6.92 Å². The summed E-state index contributed by atoms with van der Waals surface area (Å²) in [6.07, 6.45) is 1.30. The first-order valence-electron chi connectivity index (χ1n) is 10.6. The fourth-order valence-electron chi connectivity index (χ4n) is 2.89. The maximum atomic E-state index is 12.2. The molecular formula is C25H21Cl3N4O5. The molecule has 0 bridgehead atoms. The lowest BCUT2D eigenvalue weighted by atomic mass is 10.2. The van der Waals surface area contributed by atoms with Crippen LogP contribution < -0.4 is 25.5 Å². The fraction of sp³-hybridized carbons (Fsp3) is 0.120. The lowest BCUT2D eigenvalue weighted by Gasteiger charge is -2.12. The lowest BCUT2D eigenvalue weighted by molar-refractivity contribution is -0.136. The summed E-state index contributed by atoms with van der Waals surface area (Å²) >= 11 is 18.0. The van der Waals surface area contributed by atoms with Gasteiger partial charge in [-0.05, 0) is 60.5 Å². The molecular weight excluding hydrogens is 543 g/mol. The van der Waals surface area contributed by atoms with Gasteiger partial charge in [-0.1, -0.05) is 46.9 Å². The van der Waals surface area contributed by atoms with E-state index in [-0.39, 0.29) is 28.2 Å². The molecule has 0 aliphatic rings. The zero-order chi connectivity index (χ0) is 26.9. The molecule has 0 fully saturated rings. The summed E-state index contributed by atoms with van der Waals surface area (Å²) in [7, 11) is 1.44. The van der Waals surface area contributed by atoms with Crippen molar-refractivity contribution >= 4 is 70.1 Å². The number of hydrazone groups is 1. The van der Waals surface area contributed by atoms with Gasteiger partial charge in [0.2, 0.25) is 0 Å². The Labute approximate surface area is 227 Å². The molecule has 3 aromatic carbocycles. The number of nitrogens with zero attached hydrogens (tertiary/aromatic N) is 1. The molecule has 3 aromatic rings. The number of rotatable bonds is 8. The first-order valence-corrected chi connectivity index (χ1v) is 11.8. The normalized spacial score (nSPS) is 10.6. The molecule has 0 radical (unpaired) electrons. The number of benzene rings is 3. The van der Waals surface area contributed by atoms with Crippen molar-refractivity contribution in [2.75, 3.05) is 24.4 Å². The molecule has 0 saturated heterocycles. The predicted octanol–water partition coefficient (Wildman–Crippen LogP) is 5.07. The zero-order valence-corrected chi connectivity index (χ0v) is 21.9. The number of ether oxygens (including phenoxy) is 2. The largest absolute Gasteiger partial charge is 0.493 e. The SMILES string of the molecule is COc1cc(/C=N\NC(=O)C(=O)Nc2cccc(Cl)c2Cl)ccc1OCC(=O)Nc1ccc(C)c(Cl)c1. The second-order valence-electron chi connectivity index (χ2n) is 7.47. The second kappa shape index (κ2) is 13.0. The minimum Gasteiger partial charge on any atom is -0.493 e. The van der Waals surface area contributed by atoms with E-state index in [9.17, 15) is 14.4 Å². The van der Waals surface area contributed by atoms with Gasteiger partial charge in [0, 0.05) is 10.7 Å². The van der Waals surface area contributed by atoms with Gasteiger partial charge in [-0.3, -0.25) is 14.4 Å². The monoisotopic (exact) mass is 562 g/mol. The van der Waals surface area contributed by atoms with E-state index in [1.54, 1.807) is 48.5 Å². The lowest BCUT2D eigenvalue weighted by Crippen LogP contribution is -2.32. The van der Waals surface area contributed by atoms with Gasteiger partial charge in [-0.15, -0.1) is 0 Å². The Kier molecular flexibility index (Phi) is 9.73. The third kappa shape index (κ3) is 7.85. The zero-order valence-electron chi connectivity index (χ0n) is 19.6. The van der Waals surface area contributed by atoms with Gasteiger partial charge < -0.3 is 20.1 Å². The first-order chi connectivity index (χ1) is 17.7. The van der Waals surface area contributed by atoms with Crippen LogP contribution in [-0.2, 0) is 14.4 Å². The van der Waals surface area contributed by atoms with Crippen LogP contribution >= 0.6 is 34.8 Å². The van der Waals surface area contributed by atoms with E-state index in [1.165, 1.54) is 19.4 Å². The number of hydrogen-bond acceptors (Lipinski definition) is 6. The van der Waals surface area contributed by atoms with Crippen molar-refractivity contribution in [1.82, 2.24) is 5.43 Å². The molecule has 37 heavy (non-hydrogen) atoms. The molecule has 0 spiro atoms. The van der Waals surface area contributed by atoms with Crippen LogP contribution in [0.4, 0.5) is 11.4 Å². The number of hydrogen-bond donors (Lipinski definition) is 3. The number of amides is 3. The van der Waals surface area contributed by atoms with Gasteiger partial charge in [0.05, 0.1) is 29.1 Å². The highest BCUT2D eigenvalue weighted by Gasteiger charge is 2.15. The van der Waals surface area contributed by atoms with Crippen LogP contribution in [0.5, 0.6) is 11.5 Å². The van der Waals surface area contributed by atoms with Crippen LogP contribution in [0.25, 0.3) is 0 Å². The number of carbonyl (C=O) groups excluding carboxylic acids is 3. The topological polar surface area (TPSA) is 118 Å². The molecule has 0 aliphatic heterocycles. The molecule has 3 N–H and O–H groups in total. The summed E-state index contributed by atoms with van der Waals surface area (Å²) < 4.78 is 10.9. The highest BCUT2D eigenvalue weighted by atomic mass is 35.5. The fourth-order valence-corrected chi connectivity index (χ4v) is 3.42. The van der Waals surface area contributed by atoms with Crippen LogP contribution in [0.1, 0.15) is 11.1 Å². The average Bonchev–Trinajstić information content (AvgIpc) is 2.87. The Morgan fingerprint density at radius 2 is 1.70 bits per heavy atom. The predicted molar refractivity (Wildman–Crippen MR) is 144 cm³/mol. The van der Waals surface area contributed by atoms with Gasteiger partial charge in [-0.2, -0.15) is 5.10 Å². The summed E-state index contributed by atoms with van der Waals surface area (Å²) in [4.78, 5) is 36.3. The van der Waals surface area contributed by atoms with Gasteiger partial charge in [0.1, 0.15) is 0 Å². The molecule has 192 valence electrons. The minimum absolute atomic E-state index is 0.111. The summed E-state index contributed by atoms with van der Waals surface area (Å²) in [5.74, 6) is -1.73. The van der Waals surface area contributed by atoms with E-state index in [1.807, 2.05) is 6.92 Å². The maximum Gasteiger partial charge on any atom is 0.329 e. The van der Waals surface area contributed by atoms with Crippen LogP contribution in [-0.4, -0.2) is 37.7 Å². The number of nitrogens with one attached hydrogen (secondary N) is 3. The molecule has 3 amide bonds. The van der Waals surface area contributed by atoms with Crippen LogP contribution in [0.15, 0.2) is 59.7 Å². The molecule has 0 unspecified atom stereocenters. The van der Waals surface area contributed by atoms with Gasteiger partial charge >= 0.3 is 11.8 Å². The molecule has 0 aliphatic carbocycles. The standard InChI is InChI=1S/C25H21Cl3N4O5/c1-14-6-8-16(11-18(14)27)30-22(33)13-37-20-9-7-15(10-21(20)36-2)12-29-32-25(35)24(34)31-19-5-3-4-17(26)23(19)28/h3-12H,13H2,1-2H3,(H,30,33)(H,31,34)(H,32,35)/b29-12-. The molecule has 0 aromatic heterocycles. The summed E-state index contributed by atoms with van der Waals surface area (Å²) in [6.45, 7) is 1.60. The van der Waals surface area contributed by atoms with Crippen molar-refractivity contribution in [3.05, 3.63) is 80.8 Å². The summed E-state index contributed by atoms with van der Waals surface area (Å²) in [6, 6.07) is 14.6. The van der Waals surface area contributed by atoms with Crippen molar-refractivity contribution in [3.8, 4) is 11.5 Å². The second-order valence-corrected chi connectivity index (χ2v) is 8.66. The molecule has 0 saturated carbocycles. The highest BCUT2D eigenvalue weighted by Crippen LogP contribution is 2.29. The number of carbonyl (C=O) groups is 3. The summed E-state index contributed by atoms with van der Waals surface area (Å²) in [5, 5.41) is 9.71. The van der Waals surface area contributed by atoms with E-state index in [0.717, 1.165) is 5.56 Å². The highest BCUT2D eigenvalue weighted by molar-refractivity contribution is 6.45. The Morgan fingerprint density at radius 1 is 0.919 bits per heavy atom. The Balaban J connectivity index is 1.54. The van der Waals surface area contributed by atoms with Gasteiger partial charge in [0.25, 0.3) is 5.91 Å². The van der Waals surface area contributed by atoms with Crippen LogP contribution in [0, 0.1) is 6.92 Å². The van der Waals surface area contributed by atoms with Crippen molar-refractivity contribution < 1.29 is 23.9 Å². The Morgan fingerprint density at radius 3 is 2.43 bits per heavy atom. The summed E-state index contributed by atoms with van der Waals surface area (Å²) in [5.41, 5.74) is 4.28. The van der Waals surface area contributed by atoms with Crippen LogP contribution in [0.3, 0.4) is 0 Å². The molecule has 0 atom stereocenters. The van der Waals surface area contributed by atoms with E-state index < -0.39 is 11.8 Å². The van der Waals surface area contributed by atoms with Crippen molar-refractivity contribution in [1.29, 1.82) is 0 Å². The first kappa shape index (κ1) is 27.8. The number of anilines is 2. The van der Waals surface area contributed by atoms with Gasteiger partial charge in [0.15, 0.2) is 18.1 Å². The number of methoxy groups -OCH3 is 1. The Hall–Kier alpha value is -3.79. The number of aryl methyl sites for hydroxylation is 1. The number of halogens is 3. The van der Waals surface area contributed by atoms with Crippen molar-refractivity contribution in [2.24, 2.45) is 5.10 Å². The van der Waals surface area contributed by atoms with Crippen LogP contribution in [0.2, 0.25) is 15.1 Å². The smallest absolute Gasteiger partial charge is 0.329 e. The molecule has 0 heterocycles. The average molecular weight is 564 g/mol. The quantitative estimate of drug-likeness (QED) is 0.201. The third-order valence-corrected chi connectivity index (χ3v) is 6.01. The van der Waals surface area contributed by atoms with Crippen molar-refractivity contribution in [3.63, 3.8) is 0 Å². The molecule has 12 heteroatoms. The van der Waals surface area contributed by atoms with E-state index >= 15 is 0 Å². The molecule has 9 nitrogen and oxygen atoms in total. The molecule has 3 rings (SSSR count). The van der Waals surface area contributed by atoms with Gasteiger partial charge in [-0.25, -0.2) is 5.43 Å².